The van der Waals surface area contributed by atoms with Crippen molar-refractivity contribution in [2.45, 2.75) is 18.9 Å². The van der Waals surface area contributed by atoms with E-state index in [9.17, 15) is 23.6 Å². The van der Waals surface area contributed by atoms with Crippen LogP contribution in [0.4, 0.5) is 10.1 Å². The summed E-state index contributed by atoms with van der Waals surface area (Å²) in [7, 11) is 0. The lowest BCUT2D eigenvalue weighted by Crippen LogP contribution is -2.38. The molecule has 0 spiro atoms. The molecule has 1 aliphatic heterocycles. The van der Waals surface area contributed by atoms with Crippen molar-refractivity contribution in [3.8, 4) is 11.1 Å². The highest BCUT2D eigenvalue weighted by atomic mass is 19.1. The number of imide groups is 1. The van der Waals surface area contributed by atoms with E-state index in [0.717, 1.165) is 17.5 Å². The predicted octanol–water partition coefficient (Wildman–Crippen LogP) is 4.91. The van der Waals surface area contributed by atoms with Crippen molar-refractivity contribution in [2.75, 3.05) is 5.32 Å². The van der Waals surface area contributed by atoms with E-state index in [0.29, 0.717) is 22.4 Å². The van der Waals surface area contributed by atoms with Gasteiger partial charge in [0.1, 0.15) is 5.82 Å². The Morgan fingerprint density at radius 1 is 0.842 bits per heavy atom. The number of amides is 3. The van der Waals surface area contributed by atoms with Crippen LogP contribution in [0.3, 0.4) is 0 Å². The molecule has 1 saturated heterocycles. The Morgan fingerprint density at radius 3 is 2.24 bits per heavy atom. The minimum absolute atomic E-state index is 0.0292. The summed E-state index contributed by atoms with van der Waals surface area (Å²) in [5.41, 5.74) is 3.62. The van der Waals surface area contributed by atoms with Crippen LogP contribution in [-0.4, -0.2) is 28.4 Å². The minimum Gasteiger partial charge on any atom is -0.326 e. The zero-order valence-electron chi connectivity index (χ0n) is 20.3. The molecular formula is C31H23FN2O4. The van der Waals surface area contributed by atoms with Gasteiger partial charge in [-0.25, -0.2) is 4.39 Å². The Morgan fingerprint density at radius 2 is 1.53 bits per heavy atom. The quantitative estimate of drug-likeness (QED) is 0.308. The highest BCUT2D eigenvalue weighted by Crippen LogP contribution is 2.54. The van der Waals surface area contributed by atoms with Gasteiger partial charge in [-0.2, -0.15) is 0 Å². The van der Waals surface area contributed by atoms with Crippen LogP contribution < -0.4 is 5.32 Å². The molecule has 1 saturated carbocycles. The summed E-state index contributed by atoms with van der Waals surface area (Å²) >= 11 is 0. The first kappa shape index (κ1) is 22.8. The van der Waals surface area contributed by atoms with Gasteiger partial charge in [0.25, 0.3) is 0 Å². The average molecular weight is 507 g/mol. The number of ketones is 1. The van der Waals surface area contributed by atoms with Crippen LogP contribution in [0.25, 0.3) is 11.1 Å². The van der Waals surface area contributed by atoms with Gasteiger partial charge >= 0.3 is 0 Å². The Hall–Kier alpha value is -4.39. The summed E-state index contributed by atoms with van der Waals surface area (Å²) in [4.78, 5) is 54.4. The fraction of sp³-hybridized carbons (Fsp3) is 0.226. The first-order valence-corrected chi connectivity index (χ1v) is 12.8. The molecule has 2 fully saturated rings. The fourth-order valence-electron chi connectivity index (χ4n) is 6.80. The van der Waals surface area contributed by atoms with E-state index in [1.165, 1.54) is 23.1 Å². The molecular weight excluding hydrogens is 483 g/mol. The topological polar surface area (TPSA) is 83.6 Å². The van der Waals surface area contributed by atoms with Gasteiger partial charge in [-0.1, -0.05) is 54.6 Å². The lowest BCUT2D eigenvalue weighted by Gasteiger charge is -2.28. The van der Waals surface area contributed by atoms with Crippen molar-refractivity contribution in [3.63, 3.8) is 0 Å². The summed E-state index contributed by atoms with van der Waals surface area (Å²) in [5.74, 6) is -2.41. The molecule has 6 nitrogen and oxygen atoms in total. The third-order valence-corrected chi connectivity index (χ3v) is 8.44. The highest BCUT2D eigenvalue weighted by molar-refractivity contribution is 6.22. The first-order chi connectivity index (χ1) is 18.4. The molecule has 3 amide bonds. The maximum absolute atomic E-state index is 14.2. The molecule has 3 aliphatic carbocycles. The van der Waals surface area contributed by atoms with Gasteiger partial charge in [0.2, 0.25) is 17.7 Å². The number of allylic oxidation sites excluding steroid dienone is 2. The van der Waals surface area contributed by atoms with Crippen molar-refractivity contribution in [1.29, 1.82) is 0 Å². The molecule has 5 unspecified atom stereocenters. The van der Waals surface area contributed by atoms with E-state index >= 15 is 0 Å². The van der Waals surface area contributed by atoms with E-state index < -0.39 is 29.6 Å². The summed E-state index contributed by atoms with van der Waals surface area (Å²) in [6.45, 7) is 0. The van der Waals surface area contributed by atoms with Crippen LogP contribution in [-0.2, 0) is 14.4 Å². The molecule has 7 rings (SSSR count). The number of likely N-dealkylation sites (tertiary alicyclic amines) is 1. The zero-order chi connectivity index (χ0) is 26.1. The number of carbonyl (C=O) groups excluding carboxylic acids is 4. The fourth-order valence-corrected chi connectivity index (χ4v) is 6.80. The van der Waals surface area contributed by atoms with Crippen molar-refractivity contribution in [1.82, 2.24) is 4.90 Å². The number of nitrogens with zero attached hydrogens (tertiary/aromatic N) is 1. The van der Waals surface area contributed by atoms with Gasteiger partial charge in [0.15, 0.2) is 5.78 Å². The Kier molecular flexibility index (Phi) is 4.98. The molecule has 3 aromatic rings. The van der Waals surface area contributed by atoms with Gasteiger partial charge < -0.3 is 5.32 Å². The minimum atomic E-state index is -0.934. The van der Waals surface area contributed by atoms with Crippen molar-refractivity contribution in [2.24, 2.45) is 23.7 Å². The first-order valence-electron chi connectivity index (χ1n) is 12.8. The lowest BCUT2D eigenvalue weighted by atomic mass is 9.85. The zero-order valence-corrected chi connectivity index (χ0v) is 20.3. The van der Waals surface area contributed by atoms with Crippen molar-refractivity contribution < 1.29 is 23.6 Å². The Balaban J connectivity index is 1.17. The van der Waals surface area contributed by atoms with E-state index in [-0.39, 0.29) is 35.9 Å². The molecule has 0 radical (unpaired) electrons. The van der Waals surface area contributed by atoms with Crippen molar-refractivity contribution >= 4 is 29.2 Å². The molecule has 5 atom stereocenters. The molecule has 1 heterocycles. The number of halogens is 1. The number of anilines is 1. The SMILES string of the molecule is O=C(CC(c1cccc(F)c1)N1C(=O)C2C3C=CC(C3)C2C1=O)Nc1ccc2c(c1)C(=O)c1ccccc1-2. The van der Waals surface area contributed by atoms with Gasteiger partial charge in [-0.05, 0) is 59.2 Å². The summed E-state index contributed by atoms with van der Waals surface area (Å²) in [6.07, 6.45) is 4.59. The molecule has 1 N–H and O–H groups in total. The summed E-state index contributed by atoms with van der Waals surface area (Å²) in [5, 5.41) is 2.82. The maximum atomic E-state index is 14.2. The standard InChI is InChI=1S/C31H23FN2O4/c32-19-5-3-4-16(13-19)25(34-30(37)27-17-8-9-18(12-17)28(27)31(34)38)15-26(35)33-20-10-11-22-21-6-1-2-7-23(21)29(36)24(22)14-20/h1-11,13-14,17-18,25,27-28H,12,15H2,(H,33,35). The second-order valence-electron chi connectivity index (χ2n) is 10.5. The van der Waals surface area contributed by atoms with E-state index in [2.05, 4.69) is 5.32 Å². The Bertz CT molecular complexity index is 1560. The molecule has 188 valence electrons. The second-order valence-corrected chi connectivity index (χ2v) is 10.5. The molecule has 0 aromatic heterocycles. The number of hydrogen-bond acceptors (Lipinski definition) is 4. The van der Waals surface area contributed by atoms with Gasteiger partial charge in [-0.15, -0.1) is 0 Å². The number of nitrogens with one attached hydrogen (secondary N) is 1. The van der Waals surface area contributed by atoms with Gasteiger partial charge in [-0.3, -0.25) is 24.1 Å². The number of benzene rings is 3. The summed E-state index contributed by atoms with van der Waals surface area (Å²) in [6, 6.07) is 17.3. The molecule has 4 aliphatic rings. The monoisotopic (exact) mass is 506 g/mol. The number of rotatable bonds is 5. The number of carbonyl (C=O) groups is 4. The predicted molar refractivity (Wildman–Crippen MR) is 137 cm³/mol. The largest absolute Gasteiger partial charge is 0.326 e. The molecule has 2 bridgehead atoms. The van der Waals surface area contributed by atoms with Crippen LogP contribution in [0.15, 0.2) is 78.9 Å². The van der Waals surface area contributed by atoms with Crippen LogP contribution in [0.5, 0.6) is 0 Å². The number of hydrogen-bond donors (Lipinski definition) is 1. The highest BCUT2D eigenvalue weighted by Gasteiger charge is 2.60. The number of fused-ring (bicyclic) bond motifs is 8. The van der Waals surface area contributed by atoms with E-state index in [1.807, 2.05) is 30.4 Å². The normalized spacial score (nSPS) is 25.0. The van der Waals surface area contributed by atoms with Gasteiger partial charge in [0, 0.05) is 16.8 Å². The summed E-state index contributed by atoms with van der Waals surface area (Å²) < 4.78 is 14.2. The second kappa shape index (κ2) is 8.31. The lowest BCUT2D eigenvalue weighted by molar-refractivity contribution is -0.144. The van der Waals surface area contributed by atoms with E-state index in [1.54, 1.807) is 30.3 Å². The molecule has 38 heavy (non-hydrogen) atoms. The van der Waals surface area contributed by atoms with Crippen LogP contribution in [0.2, 0.25) is 0 Å². The van der Waals surface area contributed by atoms with Crippen LogP contribution >= 0.6 is 0 Å². The van der Waals surface area contributed by atoms with Gasteiger partial charge in [0.05, 0.1) is 24.3 Å². The smallest absolute Gasteiger partial charge is 0.234 e. The maximum Gasteiger partial charge on any atom is 0.234 e. The third kappa shape index (κ3) is 3.31. The average Bonchev–Trinajstić information content (AvgIpc) is 3.66. The molecule has 3 aromatic carbocycles. The van der Waals surface area contributed by atoms with Crippen LogP contribution in [0.1, 0.15) is 40.4 Å². The van der Waals surface area contributed by atoms with Crippen LogP contribution in [0, 0.1) is 29.5 Å². The van der Waals surface area contributed by atoms with E-state index in [4.69, 9.17) is 0 Å². The Labute approximate surface area is 218 Å². The third-order valence-electron chi connectivity index (χ3n) is 8.44. The van der Waals surface area contributed by atoms with Crippen molar-refractivity contribution in [3.05, 3.63) is 101 Å². The molecule has 7 heteroatoms.